The predicted molar refractivity (Wildman–Crippen MR) is 104 cm³/mol. The van der Waals surface area contributed by atoms with E-state index in [9.17, 15) is 8.42 Å². The van der Waals surface area contributed by atoms with Crippen LogP contribution in [0.1, 0.15) is 30.3 Å². The van der Waals surface area contributed by atoms with Crippen LogP contribution in [0, 0.1) is 12.8 Å². The van der Waals surface area contributed by atoms with Gasteiger partial charge in [0, 0.05) is 30.7 Å². The maximum absolute atomic E-state index is 11.4. The second kappa shape index (κ2) is 6.99. The largest absolute Gasteiger partial charge is 0.298 e. The van der Waals surface area contributed by atoms with Crippen LogP contribution in [0.2, 0.25) is 0 Å². The van der Waals surface area contributed by atoms with E-state index in [1.54, 1.807) is 11.3 Å². The summed E-state index contributed by atoms with van der Waals surface area (Å²) in [6.07, 6.45) is 3.39. The summed E-state index contributed by atoms with van der Waals surface area (Å²) in [4.78, 5) is 13.0. The molecule has 5 heterocycles. The minimum absolute atomic E-state index is 0.291. The average molecular weight is 393 g/mol. The number of aromatic nitrogens is 2. The lowest BCUT2D eigenvalue weighted by Gasteiger charge is -2.49. The number of aryl methyl sites for hydroxylation is 1. The summed E-state index contributed by atoms with van der Waals surface area (Å²) in [5.74, 6) is 1.77. The lowest BCUT2D eigenvalue weighted by Crippen LogP contribution is -2.56. The number of fused-ring (bicyclic) bond motifs is 3. The van der Waals surface area contributed by atoms with Gasteiger partial charge in [0.25, 0.3) is 0 Å². The highest BCUT2D eigenvalue weighted by molar-refractivity contribution is 7.88. The Labute approximate surface area is 158 Å². The molecule has 5 rings (SSSR count). The van der Waals surface area contributed by atoms with E-state index in [0.717, 1.165) is 43.1 Å². The molecular weight excluding hydrogens is 368 g/mol. The van der Waals surface area contributed by atoms with Gasteiger partial charge in [-0.05, 0) is 49.7 Å². The Morgan fingerprint density at radius 2 is 2.23 bits per heavy atom. The van der Waals surface area contributed by atoms with Crippen LogP contribution < -0.4 is 4.72 Å². The van der Waals surface area contributed by atoms with Crippen molar-refractivity contribution in [2.75, 3.05) is 25.9 Å². The Kier molecular flexibility index (Phi) is 4.85. The molecule has 1 unspecified atom stereocenters. The van der Waals surface area contributed by atoms with E-state index < -0.39 is 10.0 Å². The molecule has 6 nitrogen and oxygen atoms in total. The van der Waals surface area contributed by atoms with Crippen molar-refractivity contribution in [3.8, 4) is 10.6 Å². The van der Waals surface area contributed by atoms with E-state index in [0.29, 0.717) is 24.4 Å². The van der Waals surface area contributed by atoms with E-state index in [-0.39, 0.29) is 0 Å². The van der Waals surface area contributed by atoms with Gasteiger partial charge in [-0.3, -0.25) is 4.90 Å². The maximum Gasteiger partial charge on any atom is 0.208 e. The Balaban J connectivity index is 1.54. The second-order valence-corrected chi connectivity index (χ2v) is 10.1. The van der Waals surface area contributed by atoms with Crippen molar-refractivity contribution >= 4 is 21.4 Å². The quantitative estimate of drug-likeness (QED) is 0.845. The molecule has 3 saturated heterocycles. The molecule has 0 aromatic carbocycles. The van der Waals surface area contributed by atoms with Crippen LogP contribution in [0.4, 0.5) is 0 Å². The number of nitrogens with zero attached hydrogens (tertiary/aromatic N) is 3. The summed E-state index contributed by atoms with van der Waals surface area (Å²) < 4.78 is 25.5. The van der Waals surface area contributed by atoms with Crippen LogP contribution >= 0.6 is 11.3 Å². The molecule has 0 radical (unpaired) electrons. The molecule has 2 aromatic heterocycles. The second-order valence-electron chi connectivity index (χ2n) is 7.36. The van der Waals surface area contributed by atoms with Crippen molar-refractivity contribution in [1.82, 2.24) is 19.6 Å². The summed E-state index contributed by atoms with van der Waals surface area (Å²) in [7, 11) is -3.14. The van der Waals surface area contributed by atoms with Crippen molar-refractivity contribution in [3.63, 3.8) is 0 Å². The molecular formula is C18H24N4O2S2. The summed E-state index contributed by atoms with van der Waals surface area (Å²) in [6.45, 7) is 4.45. The van der Waals surface area contributed by atoms with Gasteiger partial charge in [0.1, 0.15) is 5.82 Å². The van der Waals surface area contributed by atoms with Crippen LogP contribution in [0.25, 0.3) is 10.6 Å². The van der Waals surface area contributed by atoms with Crippen molar-refractivity contribution in [1.29, 1.82) is 0 Å². The van der Waals surface area contributed by atoms with Gasteiger partial charge < -0.3 is 0 Å². The average Bonchev–Trinajstić information content (AvgIpc) is 3.14. The Morgan fingerprint density at radius 1 is 1.38 bits per heavy atom. The van der Waals surface area contributed by atoms with Crippen LogP contribution in [0.15, 0.2) is 23.6 Å². The van der Waals surface area contributed by atoms with E-state index in [2.05, 4.69) is 32.1 Å². The minimum atomic E-state index is -3.14. The Bertz CT molecular complexity index is 883. The van der Waals surface area contributed by atoms with Crippen molar-refractivity contribution < 1.29 is 8.42 Å². The molecule has 26 heavy (non-hydrogen) atoms. The number of hydrogen-bond donors (Lipinski definition) is 1. The maximum atomic E-state index is 11.4. The summed E-state index contributed by atoms with van der Waals surface area (Å²) >= 11 is 1.70. The topological polar surface area (TPSA) is 75.2 Å². The molecule has 3 fully saturated rings. The number of sulfonamides is 1. The number of hydrogen-bond acceptors (Lipinski definition) is 6. The highest BCUT2D eigenvalue weighted by Gasteiger charge is 2.41. The molecule has 0 aliphatic carbocycles. The number of rotatable bonds is 5. The lowest BCUT2D eigenvalue weighted by atomic mass is 9.74. The monoisotopic (exact) mass is 392 g/mol. The van der Waals surface area contributed by atoms with E-state index in [1.165, 1.54) is 11.1 Å². The first kappa shape index (κ1) is 18.0. The highest BCUT2D eigenvalue weighted by Crippen LogP contribution is 2.41. The van der Waals surface area contributed by atoms with Gasteiger partial charge in [-0.1, -0.05) is 6.07 Å². The van der Waals surface area contributed by atoms with Gasteiger partial charge in [0.2, 0.25) is 10.0 Å². The van der Waals surface area contributed by atoms with Crippen LogP contribution in [-0.4, -0.2) is 55.2 Å². The van der Waals surface area contributed by atoms with Crippen LogP contribution in [0.3, 0.4) is 0 Å². The van der Waals surface area contributed by atoms with Gasteiger partial charge in [-0.25, -0.2) is 23.1 Å². The fourth-order valence-corrected chi connectivity index (χ4v) is 5.45. The standard InChI is InChI=1S/C18H24N4O2S2/c1-12-20-16(9-17(21-12)18-4-3-7-25-18)15-11-22-6-5-13(15)8-14(22)10-19-26(2,23)24/h3-4,7,9,13-15,19H,5-6,8,10-11H2,1-2H3/t13-,14+,15+/m0/s1. The zero-order valence-electron chi connectivity index (χ0n) is 15.1. The molecule has 1 N–H and O–H groups in total. The summed E-state index contributed by atoms with van der Waals surface area (Å²) in [5.41, 5.74) is 2.14. The Morgan fingerprint density at radius 3 is 2.88 bits per heavy atom. The van der Waals surface area contributed by atoms with Crippen molar-refractivity contribution in [3.05, 3.63) is 35.1 Å². The van der Waals surface area contributed by atoms with Gasteiger partial charge in [-0.15, -0.1) is 11.3 Å². The van der Waals surface area contributed by atoms with Gasteiger partial charge in [0.15, 0.2) is 0 Å². The van der Waals surface area contributed by atoms with E-state index in [4.69, 9.17) is 4.98 Å². The van der Waals surface area contributed by atoms with Crippen LogP contribution in [0.5, 0.6) is 0 Å². The SMILES string of the molecule is Cc1nc(-c2cccs2)cc([C@@H]2CN3CC[C@H]2C[C@@H]3CNS(C)(=O)=O)n1. The Hall–Kier alpha value is -1.35. The molecule has 0 amide bonds. The molecule has 4 atom stereocenters. The molecule has 0 spiro atoms. The number of thiophene rings is 1. The smallest absolute Gasteiger partial charge is 0.208 e. The molecule has 2 bridgehead atoms. The number of nitrogens with one attached hydrogen (secondary N) is 1. The zero-order chi connectivity index (χ0) is 18.3. The van der Waals surface area contributed by atoms with Crippen molar-refractivity contribution in [2.45, 2.75) is 31.7 Å². The van der Waals surface area contributed by atoms with Gasteiger partial charge in [0.05, 0.1) is 16.8 Å². The molecule has 0 saturated carbocycles. The third-order valence-corrected chi connectivity index (χ3v) is 7.05. The fraction of sp³-hybridized carbons (Fsp3) is 0.556. The van der Waals surface area contributed by atoms with E-state index >= 15 is 0 Å². The first-order valence-corrected chi connectivity index (χ1v) is 11.7. The zero-order valence-corrected chi connectivity index (χ0v) is 16.7. The first-order chi connectivity index (χ1) is 12.4. The minimum Gasteiger partial charge on any atom is -0.298 e. The van der Waals surface area contributed by atoms with Crippen molar-refractivity contribution in [2.24, 2.45) is 5.92 Å². The third-order valence-electron chi connectivity index (χ3n) is 5.47. The molecule has 140 valence electrons. The third kappa shape index (κ3) is 3.83. The van der Waals surface area contributed by atoms with E-state index in [1.807, 2.05) is 13.0 Å². The fourth-order valence-electron chi connectivity index (χ4n) is 4.26. The molecule has 2 aromatic rings. The normalized spacial score (nSPS) is 28.4. The molecule has 3 aliphatic heterocycles. The number of piperidine rings is 3. The lowest BCUT2D eigenvalue weighted by molar-refractivity contribution is 0.0317. The summed E-state index contributed by atoms with van der Waals surface area (Å²) in [6, 6.07) is 6.58. The predicted octanol–water partition coefficient (Wildman–Crippen LogP) is 2.24. The van der Waals surface area contributed by atoms with Gasteiger partial charge >= 0.3 is 0 Å². The van der Waals surface area contributed by atoms with Gasteiger partial charge in [-0.2, -0.15) is 0 Å². The first-order valence-electron chi connectivity index (χ1n) is 8.97. The molecule has 3 aliphatic rings. The van der Waals surface area contributed by atoms with Crippen LogP contribution in [-0.2, 0) is 10.0 Å². The highest BCUT2D eigenvalue weighted by atomic mass is 32.2. The summed E-state index contributed by atoms with van der Waals surface area (Å²) in [5, 5.41) is 2.07. The molecule has 8 heteroatoms.